The van der Waals surface area contributed by atoms with Gasteiger partial charge in [-0.3, -0.25) is 4.79 Å². The van der Waals surface area contributed by atoms with Crippen LogP contribution in [0.4, 0.5) is 0 Å². The molecule has 0 radical (unpaired) electrons. The number of amides is 1. The average Bonchev–Trinajstić information content (AvgIpc) is 2.65. The van der Waals surface area contributed by atoms with Gasteiger partial charge in [0.25, 0.3) is 0 Å². The molecule has 0 spiro atoms. The van der Waals surface area contributed by atoms with Crippen molar-refractivity contribution in [1.82, 2.24) is 5.32 Å². The summed E-state index contributed by atoms with van der Waals surface area (Å²) in [5.74, 6) is 0.893. The molecular weight excluding hydrogens is 310 g/mol. The second-order valence-electron chi connectivity index (χ2n) is 6.12. The minimum absolute atomic E-state index is 0.0198. The van der Waals surface area contributed by atoms with Crippen molar-refractivity contribution in [2.75, 3.05) is 6.61 Å². The molecule has 128 valence electrons. The first-order valence-electron chi connectivity index (χ1n) is 8.69. The molecule has 1 atom stereocenters. The summed E-state index contributed by atoms with van der Waals surface area (Å²) in [4.78, 5) is 12.2. The van der Waals surface area contributed by atoms with Crippen molar-refractivity contribution < 1.29 is 9.53 Å². The third kappa shape index (κ3) is 4.60. The fraction of sp³-hybridized carbons (Fsp3) is 0.227. The lowest BCUT2D eigenvalue weighted by molar-refractivity contribution is -0.121. The molecule has 1 unspecified atom stereocenters. The highest BCUT2D eigenvalue weighted by Gasteiger charge is 2.12. The van der Waals surface area contributed by atoms with E-state index in [4.69, 9.17) is 4.74 Å². The van der Waals surface area contributed by atoms with E-state index in [1.807, 2.05) is 55.5 Å². The molecular formula is C22H23NO2. The van der Waals surface area contributed by atoms with E-state index in [1.165, 1.54) is 10.8 Å². The van der Waals surface area contributed by atoms with Crippen molar-refractivity contribution in [2.45, 2.75) is 25.8 Å². The van der Waals surface area contributed by atoms with E-state index in [2.05, 4.69) is 29.6 Å². The highest BCUT2D eigenvalue weighted by molar-refractivity contribution is 5.86. The van der Waals surface area contributed by atoms with Crippen LogP contribution in [-0.2, 0) is 4.79 Å². The Hall–Kier alpha value is -2.81. The first-order chi connectivity index (χ1) is 12.2. The lowest BCUT2D eigenvalue weighted by Gasteiger charge is -2.16. The Balaban J connectivity index is 1.50. The predicted octanol–water partition coefficient (Wildman–Crippen LogP) is 4.88. The van der Waals surface area contributed by atoms with Crippen LogP contribution in [0.2, 0.25) is 0 Å². The number of para-hydroxylation sites is 1. The summed E-state index contributed by atoms with van der Waals surface area (Å²) >= 11 is 0. The summed E-state index contributed by atoms with van der Waals surface area (Å²) in [5.41, 5.74) is 1.15. The van der Waals surface area contributed by atoms with E-state index < -0.39 is 0 Å². The van der Waals surface area contributed by atoms with Crippen molar-refractivity contribution in [2.24, 2.45) is 0 Å². The van der Waals surface area contributed by atoms with Crippen LogP contribution < -0.4 is 10.1 Å². The van der Waals surface area contributed by atoms with E-state index in [0.717, 1.165) is 11.3 Å². The van der Waals surface area contributed by atoms with E-state index >= 15 is 0 Å². The quantitative estimate of drug-likeness (QED) is 0.626. The summed E-state index contributed by atoms with van der Waals surface area (Å²) in [6.45, 7) is 2.57. The Bertz CT molecular complexity index is 824. The maximum Gasteiger partial charge on any atom is 0.220 e. The van der Waals surface area contributed by atoms with Crippen molar-refractivity contribution >= 4 is 16.7 Å². The smallest absolute Gasteiger partial charge is 0.220 e. The van der Waals surface area contributed by atoms with E-state index in [0.29, 0.717) is 19.4 Å². The Labute approximate surface area is 148 Å². The van der Waals surface area contributed by atoms with Gasteiger partial charge in [-0.05, 0) is 41.8 Å². The molecule has 0 saturated heterocycles. The highest BCUT2D eigenvalue weighted by Crippen LogP contribution is 2.24. The van der Waals surface area contributed by atoms with E-state index in [-0.39, 0.29) is 11.9 Å². The lowest BCUT2D eigenvalue weighted by Crippen LogP contribution is -2.26. The molecule has 3 aromatic rings. The number of hydrogen-bond donors (Lipinski definition) is 1. The Morgan fingerprint density at radius 3 is 2.52 bits per heavy atom. The van der Waals surface area contributed by atoms with Crippen molar-refractivity contribution in [3.05, 3.63) is 78.4 Å². The molecule has 1 N–H and O–H groups in total. The van der Waals surface area contributed by atoms with Crippen LogP contribution in [0.25, 0.3) is 10.8 Å². The van der Waals surface area contributed by atoms with Crippen LogP contribution in [0.3, 0.4) is 0 Å². The second kappa shape index (κ2) is 8.34. The topological polar surface area (TPSA) is 38.3 Å². The van der Waals surface area contributed by atoms with Crippen LogP contribution in [0, 0.1) is 0 Å². The van der Waals surface area contributed by atoms with E-state index in [9.17, 15) is 4.79 Å². The van der Waals surface area contributed by atoms with Crippen LogP contribution >= 0.6 is 0 Å². The van der Waals surface area contributed by atoms with Gasteiger partial charge in [-0.1, -0.05) is 60.7 Å². The molecule has 0 aliphatic carbocycles. The molecule has 0 aliphatic heterocycles. The van der Waals surface area contributed by atoms with Crippen molar-refractivity contribution in [1.29, 1.82) is 0 Å². The van der Waals surface area contributed by atoms with Gasteiger partial charge in [0, 0.05) is 6.42 Å². The molecule has 0 saturated carbocycles. The number of fused-ring (bicyclic) bond motifs is 1. The monoisotopic (exact) mass is 333 g/mol. The molecule has 3 heteroatoms. The molecule has 25 heavy (non-hydrogen) atoms. The summed E-state index contributed by atoms with van der Waals surface area (Å²) in [6.07, 6.45) is 1.16. The fourth-order valence-electron chi connectivity index (χ4n) is 2.96. The summed E-state index contributed by atoms with van der Waals surface area (Å²) < 4.78 is 5.62. The van der Waals surface area contributed by atoms with Crippen LogP contribution in [0.5, 0.6) is 5.75 Å². The average molecular weight is 333 g/mol. The van der Waals surface area contributed by atoms with Gasteiger partial charge in [-0.25, -0.2) is 0 Å². The third-order valence-corrected chi connectivity index (χ3v) is 4.23. The van der Waals surface area contributed by atoms with Gasteiger partial charge in [0.15, 0.2) is 0 Å². The minimum Gasteiger partial charge on any atom is -0.494 e. The number of ether oxygens (including phenoxy) is 1. The van der Waals surface area contributed by atoms with Crippen LogP contribution in [-0.4, -0.2) is 12.5 Å². The molecule has 0 fully saturated rings. The molecule has 1 amide bonds. The number of hydrogen-bond acceptors (Lipinski definition) is 2. The molecule has 0 bridgehead atoms. The largest absolute Gasteiger partial charge is 0.494 e. The lowest BCUT2D eigenvalue weighted by atomic mass is 9.99. The first kappa shape index (κ1) is 17.0. The summed E-state index contributed by atoms with van der Waals surface area (Å²) in [7, 11) is 0. The maximum absolute atomic E-state index is 12.2. The normalized spacial score (nSPS) is 11.9. The van der Waals surface area contributed by atoms with Gasteiger partial charge in [-0.15, -0.1) is 0 Å². The minimum atomic E-state index is -0.0198. The Kier molecular flexibility index (Phi) is 5.68. The SMILES string of the molecule is CC(NC(=O)CCCOc1ccccc1)c1cccc2ccccc12. The van der Waals surface area contributed by atoms with Crippen molar-refractivity contribution in [3.63, 3.8) is 0 Å². The molecule has 3 rings (SSSR count). The van der Waals surface area contributed by atoms with Gasteiger partial charge < -0.3 is 10.1 Å². The molecule has 0 aliphatic rings. The fourth-order valence-corrected chi connectivity index (χ4v) is 2.96. The standard InChI is InChI=1S/C22H23NO2/c1-17(20-14-7-10-18-9-5-6-13-21(18)20)23-22(24)15-8-16-25-19-11-3-2-4-12-19/h2-7,9-14,17H,8,15-16H2,1H3,(H,23,24). The summed E-state index contributed by atoms with van der Waals surface area (Å²) in [6, 6.07) is 24.1. The first-order valence-corrected chi connectivity index (χ1v) is 8.69. The van der Waals surface area contributed by atoms with E-state index in [1.54, 1.807) is 0 Å². The third-order valence-electron chi connectivity index (χ3n) is 4.23. The second-order valence-corrected chi connectivity index (χ2v) is 6.12. The van der Waals surface area contributed by atoms with Gasteiger partial charge in [0.2, 0.25) is 5.91 Å². The number of nitrogens with one attached hydrogen (secondary N) is 1. The zero-order valence-electron chi connectivity index (χ0n) is 14.4. The molecule has 0 heterocycles. The molecule has 3 nitrogen and oxygen atoms in total. The Morgan fingerprint density at radius 2 is 1.68 bits per heavy atom. The maximum atomic E-state index is 12.2. The molecule has 0 aromatic heterocycles. The van der Waals surface area contributed by atoms with Gasteiger partial charge in [0.05, 0.1) is 12.6 Å². The predicted molar refractivity (Wildman–Crippen MR) is 102 cm³/mol. The number of carbonyl (C=O) groups excluding carboxylic acids is 1. The van der Waals surface area contributed by atoms with Gasteiger partial charge >= 0.3 is 0 Å². The van der Waals surface area contributed by atoms with Gasteiger partial charge in [0.1, 0.15) is 5.75 Å². The zero-order valence-corrected chi connectivity index (χ0v) is 14.4. The molecule has 3 aromatic carbocycles. The zero-order chi connectivity index (χ0) is 17.5. The number of rotatable bonds is 7. The summed E-state index contributed by atoms with van der Waals surface area (Å²) in [5, 5.41) is 5.47. The van der Waals surface area contributed by atoms with Gasteiger partial charge in [-0.2, -0.15) is 0 Å². The van der Waals surface area contributed by atoms with Crippen LogP contribution in [0.1, 0.15) is 31.4 Å². The van der Waals surface area contributed by atoms with Crippen LogP contribution in [0.15, 0.2) is 72.8 Å². The Morgan fingerprint density at radius 1 is 0.960 bits per heavy atom. The van der Waals surface area contributed by atoms with Crippen molar-refractivity contribution in [3.8, 4) is 5.75 Å². The number of carbonyl (C=O) groups is 1. The highest BCUT2D eigenvalue weighted by atomic mass is 16.5. The number of benzene rings is 3.